The molecule has 0 aromatic heterocycles. The molecule has 1 aliphatic rings. The van der Waals surface area contributed by atoms with Crippen LogP contribution in [0.2, 0.25) is 0 Å². The molecule has 1 amide bonds. The first kappa shape index (κ1) is 9.96. The van der Waals surface area contributed by atoms with Crippen LogP contribution in [0.15, 0.2) is 18.2 Å². The van der Waals surface area contributed by atoms with Gasteiger partial charge in [0.15, 0.2) is 0 Å². The maximum absolute atomic E-state index is 12.6. The van der Waals surface area contributed by atoms with Crippen LogP contribution in [-0.4, -0.2) is 17.6 Å². The summed E-state index contributed by atoms with van der Waals surface area (Å²) in [7, 11) is 0. The number of aromatic hydroxyl groups is 1. The molecule has 0 unspecified atom stereocenters. The average molecular weight is 209 g/mol. The number of phenolic OH excluding ortho intramolecular Hbond substituents is 1. The number of hydrogen-bond donors (Lipinski definition) is 2. The summed E-state index contributed by atoms with van der Waals surface area (Å²) in [6, 6.07) is 3.38. The monoisotopic (exact) mass is 209 g/mol. The third-order valence-corrected chi connectivity index (χ3v) is 2.45. The lowest BCUT2D eigenvalue weighted by Crippen LogP contribution is -2.25. The van der Waals surface area contributed by atoms with Gasteiger partial charge in [0.2, 0.25) is 0 Å². The Morgan fingerprint density at radius 3 is 2.87 bits per heavy atom. The Kier molecular flexibility index (Phi) is 2.58. The number of carbonyl (C=O) groups is 1. The summed E-state index contributed by atoms with van der Waals surface area (Å²) in [6.45, 7) is 0.635. The fourth-order valence-electron chi connectivity index (χ4n) is 1.35. The normalized spacial score (nSPS) is 15.0. The van der Waals surface area contributed by atoms with Gasteiger partial charge in [0, 0.05) is 12.6 Å². The third-order valence-electron chi connectivity index (χ3n) is 2.45. The summed E-state index contributed by atoms with van der Waals surface area (Å²) < 4.78 is 12.6. The standard InChI is InChI=1S/C11H12FNO2/c12-8-3-4-9(10(14)5-8)11(15)13-6-7-1-2-7/h3-5,7,14H,1-2,6H2,(H,13,15). The molecule has 2 rings (SSSR count). The van der Waals surface area contributed by atoms with Gasteiger partial charge in [-0.25, -0.2) is 4.39 Å². The van der Waals surface area contributed by atoms with Crippen LogP contribution in [0.1, 0.15) is 23.2 Å². The highest BCUT2D eigenvalue weighted by Crippen LogP contribution is 2.27. The predicted molar refractivity (Wildman–Crippen MR) is 53.1 cm³/mol. The predicted octanol–water partition coefficient (Wildman–Crippen LogP) is 1.67. The van der Waals surface area contributed by atoms with Gasteiger partial charge in [0.1, 0.15) is 11.6 Å². The molecule has 1 aromatic rings. The minimum atomic E-state index is -0.550. The Morgan fingerprint density at radius 1 is 1.53 bits per heavy atom. The van der Waals surface area contributed by atoms with Crippen LogP contribution < -0.4 is 5.32 Å². The molecule has 1 aromatic carbocycles. The molecule has 1 saturated carbocycles. The van der Waals surface area contributed by atoms with E-state index in [4.69, 9.17) is 0 Å². The number of carbonyl (C=O) groups excluding carboxylic acids is 1. The van der Waals surface area contributed by atoms with Gasteiger partial charge in [-0.1, -0.05) is 0 Å². The first-order chi connectivity index (χ1) is 7.16. The number of hydrogen-bond acceptors (Lipinski definition) is 2. The van der Waals surface area contributed by atoms with E-state index in [0.29, 0.717) is 12.5 Å². The Hall–Kier alpha value is -1.58. The lowest BCUT2D eigenvalue weighted by atomic mass is 10.2. The second-order valence-electron chi connectivity index (χ2n) is 3.81. The van der Waals surface area contributed by atoms with Crippen molar-refractivity contribution in [2.24, 2.45) is 5.92 Å². The van der Waals surface area contributed by atoms with Gasteiger partial charge in [-0.05, 0) is 30.9 Å². The van der Waals surface area contributed by atoms with E-state index in [1.165, 1.54) is 6.07 Å². The molecule has 0 bridgehead atoms. The van der Waals surface area contributed by atoms with Crippen molar-refractivity contribution in [1.82, 2.24) is 5.32 Å². The molecule has 80 valence electrons. The van der Waals surface area contributed by atoms with Gasteiger partial charge in [0.05, 0.1) is 5.56 Å². The summed E-state index contributed by atoms with van der Waals surface area (Å²) in [5, 5.41) is 12.0. The highest BCUT2D eigenvalue weighted by atomic mass is 19.1. The van der Waals surface area contributed by atoms with E-state index in [1.807, 2.05) is 0 Å². The Morgan fingerprint density at radius 2 is 2.27 bits per heavy atom. The lowest BCUT2D eigenvalue weighted by molar-refractivity contribution is 0.0949. The van der Waals surface area contributed by atoms with E-state index < -0.39 is 5.82 Å². The molecule has 4 heteroatoms. The van der Waals surface area contributed by atoms with Crippen molar-refractivity contribution < 1.29 is 14.3 Å². The highest BCUT2D eigenvalue weighted by Gasteiger charge is 2.22. The average Bonchev–Trinajstić information content (AvgIpc) is 2.97. The van der Waals surface area contributed by atoms with E-state index in [-0.39, 0.29) is 17.2 Å². The molecule has 1 fully saturated rings. The largest absolute Gasteiger partial charge is 0.507 e. The molecule has 3 nitrogen and oxygen atoms in total. The Bertz CT molecular complexity index is 388. The molecule has 2 N–H and O–H groups in total. The quantitative estimate of drug-likeness (QED) is 0.795. The minimum Gasteiger partial charge on any atom is -0.507 e. The van der Waals surface area contributed by atoms with Gasteiger partial charge in [-0.3, -0.25) is 4.79 Å². The van der Waals surface area contributed by atoms with Crippen molar-refractivity contribution in [3.8, 4) is 5.75 Å². The van der Waals surface area contributed by atoms with Crippen molar-refractivity contribution in [1.29, 1.82) is 0 Å². The molecule has 15 heavy (non-hydrogen) atoms. The highest BCUT2D eigenvalue weighted by molar-refractivity contribution is 5.96. The molecular weight excluding hydrogens is 197 g/mol. The van der Waals surface area contributed by atoms with Crippen molar-refractivity contribution in [3.63, 3.8) is 0 Å². The van der Waals surface area contributed by atoms with Gasteiger partial charge >= 0.3 is 0 Å². The molecule has 0 atom stereocenters. The number of amides is 1. The zero-order chi connectivity index (χ0) is 10.8. The number of nitrogens with one attached hydrogen (secondary N) is 1. The van der Waals surface area contributed by atoms with Crippen LogP contribution in [0.4, 0.5) is 4.39 Å². The number of rotatable bonds is 3. The first-order valence-electron chi connectivity index (χ1n) is 4.93. The summed E-state index contributed by atoms with van der Waals surface area (Å²) in [5.74, 6) is -0.634. The van der Waals surface area contributed by atoms with Crippen LogP contribution in [0, 0.1) is 11.7 Å². The van der Waals surface area contributed by atoms with Gasteiger partial charge in [-0.15, -0.1) is 0 Å². The van der Waals surface area contributed by atoms with E-state index in [0.717, 1.165) is 25.0 Å². The van der Waals surface area contributed by atoms with Gasteiger partial charge in [0.25, 0.3) is 5.91 Å². The van der Waals surface area contributed by atoms with Gasteiger partial charge in [-0.2, -0.15) is 0 Å². The third kappa shape index (κ3) is 2.46. The van der Waals surface area contributed by atoms with Gasteiger partial charge < -0.3 is 10.4 Å². The molecule has 0 radical (unpaired) electrons. The maximum atomic E-state index is 12.6. The lowest BCUT2D eigenvalue weighted by Gasteiger charge is -2.05. The summed E-state index contributed by atoms with van der Waals surface area (Å²) in [5.41, 5.74) is 0.122. The molecule has 1 aliphatic carbocycles. The molecule has 0 saturated heterocycles. The Labute approximate surface area is 86.9 Å². The summed E-state index contributed by atoms with van der Waals surface area (Å²) >= 11 is 0. The van der Waals surface area contributed by atoms with Crippen molar-refractivity contribution in [2.75, 3.05) is 6.54 Å². The fourth-order valence-corrected chi connectivity index (χ4v) is 1.35. The van der Waals surface area contributed by atoms with Crippen LogP contribution in [0.25, 0.3) is 0 Å². The fraction of sp³-hybridized carbons (Fsp3) is 0.364. The number of halogens is 1. The maximum Gasteiger partial charge on any atom is 0.255 e. The van der Waals surface area contributed by atoms with Crippen LogP contribution in [0.5, 0.6) is 5.75 Å². The van der Waals surface area contributed by atoms with E-state index >= 15 is 0 Å². The SMILES string of the molecule is O=C(NCC1CC1)c1ccc(F)cc1O. The minimum absolute atomic E-state index is 0.122. The molecule has 0 aliphatic heterocycles. The zero-order valence-electron chi connectivity index (χ0n) is 8.16. The van der Waals surface area contributed by atoms with E-state index in [2.05, 4.69) is 5.32 Å². The first-order valence-corrected chi connectivity index (χ1v) is 4.93. The van der Waals surface area contributed by atoms with E-state index in [9.17, 15) is 14.3 Å². The van der Waals surface area contributed by atoms with Crippen molar-refractivity contribution in [3.05, 3.63) is 29.6 Å². The topological polar surface area (TPSA) is 49.3 Å². The number of phenols is 1. The smallest absolute Gasteiger partial charge is 0.255 e. The second-order valence-corrected chi connectivity index (χ2v) is 3.81. The number of benzene rings is 1. The van der Waals surface area contributed by atoms with Crippen LogP contribution in [-0.2, 0) is 0 Å². The molecular formula is C11H12FNO2. The summed E-state index contributed by atoms with van der Waals surface area (Å²) in [6.07, 6.45) is 2.30. The summed E-state index contributed by atoms with van der Waals surface area (Å²) in [4.78, 5) is 11.5. The van der Waals surface area contributed by atoms with Crippen LogP contribution >= 0.6 is 0 Å². The molecule has 0 spiro atoms. The van der Waals surface area contributed by atoms with E-state index in [1.54, 1.807) is 0 Å². The van der Waals surface area contributed by atoms with Crippen molar-refractivity contribution in [2.45, 2.75) is 12.8 Å². The van der Waals surface area contributed by atoms with Crippen molar-refractivity contribution >= 4 is 5.91 Å². The molecule has 0 heterocycles. The second kappa shape index (κ2) is 3.88. The van der Waals surface area contributed by atoms with Crippen LogP contribution in [0.3, 0.4) is 0 Å². The zero-order valence-corrected chi connectivity index (χ0v) is 8.16. The Balaban J connectivity index is 2.03.